The lowest BCUT2D eigenvalue weighted by molar-refractivity contribution is 0.107. The number of rotatable bonds is 5. The van der Waals surface area contributed by atoms with Crippen LogP contribution in [0.2, 0.25) is 5.02 Å². The van der Waals surface area contributed by atoms with Gasteiger partial charge in [0.05, 0.1) is 6.26 Å². The Kier molecular flexibility index (Phi) is 5.70. The van der Waals surface area contributed by atoms with E-state index >= 15 is 0 Å². The van der Waals surface area contributed by atoms with Crippen molar-refractivity contribution in [1.29, 1.82) is 0 Å². The van der Waals surface area contributed by atoms with Gasteiger partial charge in [-0.1, -0.05) is 11.6 Å². The van der Waals surface area contributed by atoms with Crippen molar-refractivity contribution < 1.29 is 13.2 Å². The maximum atomic E-state index is 11.4. The summed E-state index contributed by atoms with van der Waals surface area (Å²) >= 11 is 12.9. The van der Waals surface area contributed by atoms with Gasteiger partial charge < -0.3 is 0 Å². The zero-order valence-electron chi connectivity index (χ0n) is 10.6. The van der Waals surface area contributed by atoms with Crippen LogP contribution in [0.4, 0.5) is 0 Å². The summed E-state index contributed by atoms with van der Waals surface area (Å²) in [6.07, 6.45) is 2.88. The Labute approximate surface area is 127 Å². The van der Waals surface area contributed by atoms with Crippen LogP contribution in [0.1, 0.15) is 15.9 Å². The van der Waals surface area contributed by atoms with E-state index in [4.69, 9.17) is 23.2 Å². The largest absolute Gasteiger partial charge is 0.276 e. The predicted molar refractivity (Wildman–Crippen MR) is 79.7 cm³/mol. The van der Waals surface area contributed by atoms with E-state index in [-0.39, 0.29) is 6.54 Å². The van der Waals surface area contributed by atoms with Gasteiger partial charge in [0.15, 0.2) is 0 Å². The van der Waals surface area contributed by atoms with Gasteiger partial charge in [-0.2, -0.15) is 0 Å². The fraction of sp³-hybridized carbons (Fsp3) is 0.364. The van der Waals surface area contributed by atoms with Crippen LogP contribution in [0.25, 0.3) is 0 Å². The Morgan fingerprint density at radius 1 is 1.42 bits per heavy atom. The number of hydrogen-bond acceptors (Lipinski definition) is 4. The molecule has 1 rings (SSSR count). The second kappa shape index (κ2) is 6.45. The Morgan fingerprint density at radius 2 is 2.00 bits per heavy atom. The summed E-state index contributed by atoms with van der Waals surface area (Å²) in [4.78, 5) is 11.9. The van der Waals surface area contributed by atoms with Gasteiger partial charge in [-0.05, 0) is 30.0 Å². The summed E-state index contributed by atoms with van der Waals surface area (Å²) in [6, 6.07) is 3.08. The fourth-order valence-corrected chi connectivity index (χ4v) is 3.13. The number of nitrogens with zero attached hydrogens (tertiary/aromatic N) is 1. The van der Waals surface area contributed by atoms with Crippen molar-refractivity contribution in [3.05, 3.63) is 28.3 Å². The molecule has 0 atom stereocenters. The molecule has 0 unspecified atom stereocenters. The molecule has 19 heavy (non-hydrogen) atoms. The minimum absolute atomic E-state index is 0.0891. The van der Waals surface area contributed by atoms with Crippen LogP contribution < -0.4 is 0 Å². The highest BCUT2D eigenvalue weighted by atomic mass is 35.5. The third kappa shape index (κ3) is 4.10. The summed E-state index contributed by atoms with van der Waals surface area (Å²) < 4.78 is 24.1. The summed E-state index contributed by atoms with van der Waals surface area (Å²) in [6.45, 7) is 0.0891. The summed E-state index contributed by atoms with van der Waals surface area (Å²) in [5.74, 6) is 0. The third-order valence-corrected chi connectivity index (χ3v) is 5.26. The van der Waals surface area contributed by atoms with Gasteiger partial charge in [0.1, 0.15) is 0 Å². The van der Waals surface area contributed by atoms with Crippen LogP contribution in [0.5, 0.6) is 0 Å². The number of halogens is 2. The molecule has 0 heterocycles. The number of hydrogen-bond donors (Lipinski definition) is 0. The monoisotopic (exact) mass is 341 g/mol. The molecule has 0 saturated carbocycles. The first-order valence-electron chi connectivity index (χ1n) is 5.15. The van der Waals surface area contributed by atoms with Gasteiger partial charge in [0.25, 0.3) is 5.24 Å². The van der Waals surface area contributed by atoms with E-state index in [1.165, 1.54) is 24.9 Å². The third-order valence-electron chi connectivity index (χ3n) is 2.57. The first kappa shape index (κ1) is 16.8. The molecule has 0 fully saturated rings. The first-order chi connectivity index (χ1) is 8.68. The molecule has 4 nitrogen and oxygen atoms in total. The molecule has 0 aliphatic heterocycles. The van der Waals surface area contributed by atoms with Gasteiger partial charge in [0.2, 0.25) is 10.0 Å². The van der Waals surface area contributed by atoms with Crippen LogP contribution in [0.15, 0.2) is 17.0 Å². The quantitative estimate of drug-likeness (QED) is 0.610. The van der Waals surface area contributed by atoms with Gasteiger partial charge in [0, 0.05) is 34.6 Å². The predicted octanol–water partition coefficient (Wildman–Crippen LogP) is 2.83. The molecule has 0 spiro atoms. The smallest absolute Gasteiger partial charge is 0.253 e. The zero-order chi connectivity index (χ0) is 14.8. The Hall–Kier alpha value is -0.270. The second-order valence-corrected chi connectivity index (χ2v) is 7.56. The van der Waals surface area contributed by atoms with Gasteiger partial charge in [-0.25, -0.2) is 12.7 Å². The Bertz CT molecular complexity index is 602. The number of carbonyl (C=O) groups is 1. The average molecular weight is 342 g/mol. The number of benzene rings is 1. The van der Waals surface area contributed by atoms with Crippen LogP contribution in [-0.2, 0) is 16.6 Å². The maximum Gasteiger partial charge on any atom is 0.253 e. The molecule has 0 amide bonds. The molecule has 1 aromatic carbocycles. The van der Waals surface area contributed by atoms with Gasteiger partial charge in [-0.15, -0.1) is 11.8 Å². The summed E-state index contributed by atoms with van der Waals surface area (Å²) in [5.41, 5.74) is 0.907. The van der Waals surface area contributed by atoms with Crippen LogP contribution in [0, 0.1) is 0 Å². The van der Waals surface area contributed by atoms with Crippen LogP contribution >= 0.6 is 35.0 Å². The van der Waals surface area contributed by atoms with E-state index in [9.17, 15) is 13.2 Å². The standard InChI is InChI=1S/C11H13Cl2NO3S2/c1-14(19(3,16)17)6-8-9(12)5-4-7(11(13)15)10(8)18-2/h4-5H,6H2,1-3H3. The molecule has 0 saturated heterocycles. The fourth-order valence-electron chi connectivity index (χ4n) is 1.48. The van der Waals surface area contributed by atoms with Crippen LogP contribution in [-0.4, -0.2) is 37.5 Å². The first-order valence-corrected chi connectivity index (χ1v) is 8.98. The van der Waals surface area contributed by atoms with Crippen molar-refractivity contribution in [3.63, 3.8) is 0 Å². The van der Waals surface area contributed by atoms with Gasteiger partial charge in [-0.3, -0.25) is 4.79 Å². The maximum absolute atomic E-state index is 11.4. The van der Waals surface area contributed by atoms with Crippen molar-refractivity contribution in [2.45, 2.75) is 11.4 Å². The number of sulfonamides is 1. The molecule has 8 heteroatoms. The Morgan fingerprint density at radius 3 is 2.42 bits per heavy atom. The lowest BCUT2D eigenvalue weighted by Gasteiger charge is -2.18. The Balaban J connectivity index is 3.34. The number of carbonyl (C=O) groups excluding carboxylic acids is 1. The molecule has 0 aliphatic rings. The van der Waals surface area contributed by atoms with E-state index in [1.807, 2.05) is 0 Å². The molecular weight excluding hydrogens is 329 g/mol. The minimum atomic E-state index is -3.33. The van der Waals surface area contributed by atoms with Crippen molar-refractivity contribution in [1.82, 2.24) is 4.31 Å². The molecule has 106 valence electrons. The SMILES string of the molecule is CSc1c(C(=O)Cl)ccc(Cl)c1CN(C)S(C)(=O)=O. The zero-order valence-corrected chi connectivity index (χ0v) is 13.8. The molecule has 0 aliphatic carbocycles. The highest BCUT2D eigenvalue weighted by Gasteiger charge is 2.20. The van der Waals surface area contributed by atoms with E-state index < -0.39 is 15.3 Å². The van der Waals surface area contributed by atoms with Gasteiger partial charge >= 0.3 is 0 Å². The molecule has 0 aromatic heterocycles. The van der Waals surface area contributed by atoms with Crippen LogP contribution in [0.3, 0.4) is 0 Å². The number of thioether (sulfide) groups is 1. The lowest BCUT2D eigenvalue weighted by atomic mass is 10.1. The van der Waals surface area contributed by atoms with Crippen molar-refractivity contribution in [2.75, 3.05) is 19.6 Å². The highest BCUT2D eigenvalue weighted by molar-refractivity contribution is 7.98. The van der Waals surface area contributed by atoms with Crippen molar-refractivity contribution in [2.24, 2.45) is 0 Å². The minimum Gasteiger partial charge on any atom is -0.276 e. The summed E-state index contributed by atoms with van der Waals surface area (Å²) in [5, 5.41) is -0.189. The van der Waals surface area contributed by atoms with Crippen molar-refractivity contribution in [3.8, 4) is 0 Å². The topological polar surface area (TPSA) is 54.5 Å². The molecule has 0 N–H and O–H groups in total. The molecule has 0 bridgehead atoms. The molecule has 0 radical (unpaired) electrons. The highest BCUT2D eigenvalue weighted by Crippen LogP contribution is 2.32. The average Bonchev–Trinajstić information content (AvgIpc) is 2.29. The van der Waals surface area contributed by atoms with E-state index in [2.05, 4.69) is 0 Å². The van der Waals surface area contributed by atoms with E-state index in [0.29, 0.717) is 21.0 Å². The second-order valence-electron chi connectivity index (χ2n) is 3.90. The normalized spacial score (nSPS) is 11.9. The molecular formula is C11H13Cl2NO3S2. The van der Waals surface area contributed by atoms with E-state index in [1.54, 1.807) is 12.3 Å². The van der Waals surface area contributed by atoms with E-state index in [0.717, 1.165) is 10.6 Å². The summed E-state index contributed by atoms with van der Waals surface area (Å²) in [7, 11) is -1.88. The van der Waals surface area contributed by atoms with Crippen molar-refractivity contribution >= 4 is 50.2 Å². The molecule has 1 aromatic rings. The lowest BCUT2D eigenvalue weighted by Crippen LogP contribution is -2.25.